The highest BCUT2D eigenvalue weighted by molar-refractivity contribution is 5.59. The summed E-state index contributed by atoms with van der Waals surface area (Å²) in [6, 6.07) is 6.11. The molecular formula is C11H16N4. The van der Waals surface area contributed by atoms with Crippen molar-refractivity contribution in [3.05, 3.63) is 24.4 Å². The fourth-order valence-electron chi connectivity index (χ4n) is 1.85. The Morgan fingerprint density at radius 2 is 2.07 bits per heavy atom. The SMILES string of the molecule is CCN(CC)c1cccc2cnc(N)n12. The van der Waals surface area contributed by atoms with Crippen molar-refractivity contribution in [3.63, 3.8) is 0 Å². The highest BCUT2D eigenvalue weighted by Crippen LogP contribution is 2.19. The monoisotopic (exact) mass is 204 g/mol. The lowest BCUT2D eigenvalue weighted by atomic mass is 10.3. The van der Waals surface area contributed by atoms with Crippen LogP contribution < -0.4 is 10.6 Å². The van der Waals surface area contributed by atoms with Crippen molar-refractivity contribution in [2.45, 2.75) is 13.8 Å². The molecule has 80 valence electrons. The van der Waals surface area contributed by atoms with E-state index in [2.05, 4.69) is 29.8 Å². The number of nitrogens with two attached hydrogens (primary N) is 1. The Morgan fingerprint density at radius 1 is 1.33 bits per heavy atom. The van der Waals surface area contributed by atoms with Crippen molar-refractivity contribution in [1.82, 2.24) is 9.38 Å². The van der Waals surface area contributed by atoms with Crippen molar-refractivity contribution in [1.29, 1.82) is 0 Å². The number of hydrogen-bond donors (Lipinski definition) is 1. The first-order valence-corrected chi connectivity index (χ1v) is 5.24. The number of nitrogen functional groups attached to an aromatic ring is 1. The lowest BCUT2D eigenvalue weighted by molar-refractivity contribution is 0.836. The molecule has 0 bridgehead atoms. The summed E-state index contributed by atoms with van der Waals surface area (Å²) in [6.45, 7) is 6.20. The number of imidazole rings is 1. The average molecular weight is 204 g/mol. The number of aromatic nitrogens is 2. The molecule has 0 saturated carbocycles. The third-order valence-corrected chi connectivity index (χ3v) is 2.65. The van der Waals surface area contributed by atoms with E-state index in [1.54, 1.807) is 6.20 Å². The van der Waals surface area contributed by atoms with Crippen LogP contribution in [0.25, 0.3) is 5.52 Å². The normalized spacial score (nSPS) is 10.8. The molecule has 0 aliphatic carbocycles. The summed E-state index contributed by atoms with van der Waals surface area (Å²) in [5.41, 5.74) is 6.89. The van der Waals surface area contributed by atoms with Gasteiger partial charge in [0.2, 0.25) is 5.95 Å². The van der Waals surface area contributed by atoms with E-state index in [9.17, 15) is 0 Å². The molecule has 4 heteroatoms. The fraction of sp³-hybridized carbons (Fsp3) is 0.364. The molecule has 0 radical (unpaired) electrons. The Bertz CT molecular complexity index is 457. The fourth-order valence-corrected chi connectivity index (χ4v) is 1.85. The van der Waals surface area contributed by atoms with E-state index in [-0.39, 0.29) is 0 Å². The summed E-state index contributed by atoms with van der Waals surface area (Å²) in [5.74, 6) is 1.65. The summed E-state index contributed by atoms with van der Waals surface area (Å²) in [7, 11) is 0. The van der Waals surface area contributed by atoms with Crippen molar-refractivity contribution in [2.24, 2.45) is 0 Å². The first-order chi connectivity index (χ1) is 7.27. The molecule has 0 aliphatic rings. The summed E-state index contributed by atoms with van der Waals surface area (Å²) in [5, 5.41) is 0. The molecule has 0 aromatic carbocycles. The number of pyridine rings is 1. The van der Waals surface area contributed by atoms with Gasteiger partial charge in [-0.2, -0.15) is 0 Å². The molecule has 2 aromatic heterocycles. The zero-order chi connectivity index (χ0) is 10.8. The van der Waals surface area contributed by atoms with Crippen LogP contribution in [0.2, 0.25) is 0 Å². The largest absolute Gasteiger partial charge is 0.369 e. The smallest absolute Gasteiger partial charge is 0.206 e. The minimum absolute atomic E-state index is 0.549. The third-order valence-electron chi connectivity index (χ3n) is 2.65. The molecule has 0 spiro atoms. The van der Waals surface area contributed by atoms with Crippen LogP contribution in [0, 0.1) is 0 Å². The lowest BCUT2D eigenvalue weighted by Crippen LogP contribution is -2.24. The first kappa shape index (κ1) is 9.83. The predicted octanol–water partition coefficient (Wildman–Crippen LogP) is 1.76. The van der Waals surface area contributed by atoms with Crippen LogP contribution in [0.3, 0.4) is 0 Å². The molecule has 2 rings (SSSR count). The van der Waals surface area contributed by atoms with Crippen LogP contribution in [-0.4, -0.2) is 22.5 Å². The second-order valence-electron chi connectivity index (χ2n) is 3.43. The van der Waals surface area contributed by atoms with Gasteiger partial charge in [-0.1, -0.05) is 6.07 Å². The zero-order valence-electron chi connectivity index (χ0n) is 9.14. The summed E-state index contributed by atoms with van der Waals surface area (Å²) >= 11 is 0. The number of fused-ring (bicyclic) bond motifs is 1. The minimum atomic E-state index is 0.549. The average Bonchev–Trinajstić information content (AvgIpc) is 2.63. The van der Waals surface area contributed by atoms with Gasteiger partial charge < -0.3 is 10.6 Å². The van der Waals surface area contributed by atoms with Crippen LogP contribution in [0.5, 0.6) is 0 Å². The molecule has 0 atom stereocenters. The van der Waals surface area contributed by atoms with Crippen molar-refractivity contribution in [3.8, 4) is 0 Å². The predicted molar refractivity (Wildman–Crippen MR) is 63.2 cm³/mol. The van der Waals surface area contributed by atoms with E-state index in [1.807, 2.05) is 16.5 Å². The second-order valence-corrected chi connectivity index (χ2v) is 3.43. The van der Waals surface area contributed by atoms with Gasteiger partial charge in [0.15, 0.2) is 0 Å². The molecule has 4 nitrogen and oxygen atoms in total. The molecule has 2 N–H and O–H groups in total. The highest BCUT2D eigenvalue weighted by Gasteiger charge is 2.08. The van der Waals surface area contributed by atoms with Gasteiger partial charge in [-0.15, -0.1) is 0 Å². The van der Waals surface area contributed by atoms with Crippen molar-refractivity contribution in [2.75, 3.05) is 23.7 Å². The lowest BCUT2D eigenvalue weighted by Gasteiger charge is -2.22. The summed E-state index contributed by atoms with van der Waals surface area (Å²) in [4.78, 5) is 6.38. The quantitative estimate of drug-likeness (QED) is 0.828. The van der Waals surface area contributed by atoms with Crippen LogP contribution in [0.4, 0.5) is 11.8 Å². The Labute approximate surface area is 89.3 Å². The maximum Gasteiger partial charge on any atom is 0.206 e. The topological polar surface area (TPSA) is 46.6 Å². The maximum absolute atomic E-state index is 5.85. The molecule has 0 amide bonds. The first-order valence-electron chi connectivity index (χ1n) is 5.24. The standard InChI is InChI=1S/C11H16N4/c1-3-14(4-2)10-7-5-6-9-8-13-11(12)15(9)10/h5-8H,3-4H2,1-2H3,(H2,12,13). The van der Waals surface area contributed by atoms with E-state index >= 15 is 0 Å². The van der Waals surface area contributed by atoms with Gasteiger partial charge in [0.05, 0.1) is 11.7 Å². The van der Waals surface area contributed by atoms with E-state index in [0.717, 1.165) is 24.4 Å². The van der Waals surface area contributed by atoms with Crippen molar-refractivity contribution < 1.29 is 0 Å². The number of hydrogen-bond acceptors (Lipinski definition) is 3. The van der Waals surface area contributed by atoms with Crippen LogP contribution in [0.1, 0.15) is 13.8 Å². The van der Waals surface area contributed by atoms with E-state index in [4.69, 9.17) is 5.73 Å². The van der Waals surface area contributed by atoms with E-state index in [0.29, 0.717) is 5.95 Å². The van der Waals surface area contributed by atoms with Crippen molar-refractivity contribution >= 4 is 17.3 Å². The van der Waals surface area contributed by atoms with Gasteiger partial charge in [0.25, 0.3) is 0 Å². The van der Waals surface area contributed by atoms with Gasteiger partial charge in [-0.05, 0) is 26.0 Å². The van der Waals surface area contributed by atoms with Gasteiger partial charge in [0, 0.05) is 13.1 Å². The Kier molecular flexibility index (Phi) is 2.49. The van der Waals surface area contributed by atoms with Gasteiger partial charge >= 0.3 is 0 Å². The second kappa shape index (κ2) is 3.81. The van der Waals surface area contributed by atoms with E-state index < -0.39 is 0 Å². The molecule has 2 aromatic rings. The third kappa shape index (κ3) is 1.52. The van der Waals surface area contributed by atoms with Crippen LogP contribution in [0.15, 0.2) is 24.4 Å². The minimum Gasteiger partial charge on any atom is -0.369 e. The van der Waals surface area contributed by atoms with E-state index in [1.165, 1.54) is 0 Å². The molecule has 0 unspecified atom stereocenters. The van der Waals surface area contributed by atoms with Gasteiger partial charge in [-0.3, -0.25) is 4.40 Å². The summed E-state index contributed by atoms with van der Waals surface area (Å²) in [6.07, 6.45) is 1.79. The van der Waals surface area contributed by atoms with Gasteiger partial charge in [0.1, 0.15) is 5.82 Å². The Hall–Kier alpha value is -1.71. The Morgan fingerprint density at radius 3 is 2.73 bits per heavy atom. The molecule has 2 heterocycles. The zero-order valence-corrected chi connectivity index (χ0v) is 9.14. The number of rotatable bonds is 3. The van der Waals surface area contributed by atoms with Gasteiger partial charge in [-0.25, -0.2) is 4.98 Å². The maximum atomic E-state index is 5.85. The molecule has 0 saturated heterocycles. The molecule has 15 heavy (non-hydrogen) atoms. The highest BCUT2D eigenvalue weighted by atomic mass is 15.2. The number of nitrogens with zero attached hydrogens (tertiary/aromatic N) is 3. The molecule has 0 aliphatic heterocycles. The number of anilines is 2. The summed E-state index contributed by atoms with van der Waals surface area (Å²) < 4.78 is 1.98. The van der Waals surface area contributed by atoms with Crippen LogP contribution >= 0.6 is 0 Å². The molecular weight excluding hydrogens is 188 g/mol. The molecule has 0 fully saturated rings. The Balaban J connectivity index is 2.63. The van der Waals surface area contributed by atoms with Crippen LogP contribution in [-0.2, 0) is 0 Å².